The number of rotatable bonds is 7. The monoisotopic (exact) mass is 449 g/mol. The Labute approximate surface area is 184 Å². The van der Waals surface area contributed by atoms with Gasteiger partial charge in [-0.05, 0) is 41.7 Å². The predicted octanol–water partition coefficient (Wildman–Crippen LogP) is 4.23. The number of nitrogens with one attached hydrogen (secondary N) is 1. The molecule has 0 unspecified atom stereocenters. The molecule has 0 aliphatic carbocycles. The molecule has 0 bridgehead atoms. The van der Waals surface area contributed by atoms with E-state index in [2.05, 4.69) is 15.0 Å². The molecule has 2 atom stereocenters. The van der Waals surface area contributed by atoms with Crippen molar-refractivity contribution in [1.29, 1.82) is 0 Å². The lowest BCUT2D eigenvalue weighted by atomic mass is 9.83. The van der Waals surface area contributed by atoms with Crippen molar-refractivity contribution in [2.24, 2.45) is 11.8 Å². The molecule has 1 fully saturated rings. The summed E-state index contributed by atoms with van der Waals surface area (Å²) in [5.74, 6) is -0.743. The van der Waals surface area contributed by atoms with E-state index in [-0.39, 0.29) is 36.4 Å². The van der Waals surface area contributed by atoms with Crippen LogP contribution in [-0.2, 0) is 16.1 Å². The Kier molecular flexibility index (Phi) is 7.37. The number of hydrogen-bond donors (Lipinski definition) is 1. The molecule has 172 valence electrons. The second-order valence-corrected chi connectivity index (χ2v) is 8.23. The molecule has 9 heteroatoms. The number of hydrogen-bond acceptors (Lipinski definition) is 4. The van der Waals surface area contributed by atoms with Crippen molar-refractivity contribution in [3.05, 3.63) is 59.9 Å². The van der Waals surface area contributed by atoms with Gasteiger partial charge in [0.25, 0.3) is 0 Å². The van der Waals surface area contributed by atoms with Gasteiger partial charge in [0.1, 0.15) is 5.75 Å². The summed E-state index contributed by atoms with van der Waals surface area (Å²) in [6.07, 6.45) is -0.738. The van der Waals surface area contributed by atoms with Crippen LogP contribution >= 0.6 is 0 Å². The van der Waals surface area contributed by atoms with Crippen molar-refractivity contribution in [2.45, 2.75) is 45.6 Å². The van der Waals surface area contributed by atoms with Gasteiger partial charge in [-0.15, -0.1) is 13.2 Å². The van der Waals surface area contributed by atoms with E-state index in [1.165, 1.54) is 24.3 Å². The number of aromatic nitrogens is 1. The van der Waals surface area contributed by atoms with Gasteiger partial charge in [0.05, 0.1) is 12.0 Å². The van der Waals surface area contributed by atoms with Crippen molar-refractivity contribution in [2.75, 3.05) is 6.54 Å². The third kappa shape index (κ3) is 6.21. The number of alkyl halides is 3. The number of piperidine rings is 1. The Balaban J connectivity index is 1.73. The van der Waals surface area contributed by atoms with Crippen molar-refractivity contribution in [3.63, 3.8) is 0 Å². The molecule has 0 saturated carbocycles. The standard InChI is InChI=1S/C23H26F3N3O3/c1-15(2)14-29-20(30)10-9-19(21(29)17-4-3-11-27-13-17)22(31)28-12-16-5-7-18(8-6-16)32-23(24,25)26/h3-8,11,13,15,19,21H,9-10,12,14H2,1-2H3,(H,28,31)/t19-,21+/m1/s1. The Hall–Kier alpha value is -3.10. The van der Waals surface area contributed by atoms with Gasteiger partial charge in [0, 0.05) is 31.9 Å². The molecule has 0 radical (unpaired) electrons. The lowest BCUT2D eigenvalue weighted by Gasteiger charge is -2.41. The summed E-state index contributed by atoms with van der Waals surface area (Å²) in [5, 5.41) is 2.86. The fraction of sp³-hybridized carbons (Fsp3) is 0.435. The number of likely N-dealkylation sites (tertiary alicyclic amines) is 1. The average molecular weight is 449 g/mol. The minimum atomic E-state index is -4.75. The molecule has 1 N–H and O–H groups in total. The highest BCUT2D eigenvalue weighted by Gasteiger charge is 2.40. The first kappa shape index (κ1) is 23.6. The molecule has 1 aromatic carbocycles. The maximum Gasteiger partial charge on any atom is 0.573 e. The summed E-state index contributed by atoms with van der Waals surface area (Å²) >= 11 is 0. The highest BCUT2D eigenvalue weighted by atomic mass is 19.4. The third-order valence-electron chi connectivity index (χ3n) is 5.25. The molecule has 0 spiro atoms. The smallest absolute Gasteiger partial charge is 0.406 e. The van der Waals surface area contributed by atoms with E-state index >= 15 is 0 Å². The van der Waals surface area contributed by atoms with Gasteiger partial charge in [0.2, 0.25) is 11.8 Å². The number of amides is 2. The molecule has 1 aliphatic heterocycles. The van der Waals surface area contributed by atoms with Gasteiger partial charge in [-0.1, -0.05) is 32.0 Å². The number of pyridine rings is 1. The van der Waals surface area contributed by atoms with E-state index in [4.69, 9.17) is 0 Å². The van der Waals surface area contributed by atoms with Crippen LogP contribution in [-0.4, -0.2) is 34.6 Å². The van der Waals surface area contributed by atoms with Crippen molar-refractivity contribution >= 4 is 11.8 Å². The largest absolute Gasteiger partial charge is 0.573 e. The molecule has 1 aliphatic rings. The summed E-state index contributed by atoms with van der Waals surface area (Å²) in [7, 11) is 0. The lowest BCUT2D eigenvalue weighted by Crippen LogP contribution is -2.49. The van der Waals surface area contributed by atoms with Gasteiger partial charge in [-0.25, -0.2) is 0 Å². The third-order valence-corrected chi connectivity index (χ3v) is 5.25. The molecule has 1 saturated heterocycles. The number of carbonyl (C=O) groups is 2. The Morgan fingerprint density at radius 2 is 1.97 bits per heavy atom. The van der Waals surface area contributed by atoms with Crippen LogP contribution in [0.2, 0.25) is 0 Å². The second kappa shape index (κ2) is 10.0. The van der Waals surface area contributed by atoms with Crippen LogP contribution in [0, 0.1) is 11.8 Å². The maximum atomic E-state index is 13.1. The molecule has 32 heavy (non-hydrogen) atoms. The topological polar surface area (TPSA) is 71.5 Å². The molecular weight excluding hydrogens is 423 g/mol. The molecule has 2 amide bonds. The number of benzene rings is 1. The van der Waals surface area contributed by atoms with Crippen LogP contribution in [0.3, 0.4) is 0 Å². The van der Waals surface area contributed by atoms with Gasteiger partial charge in [0.15, 0.2) is 0 Å². The van der Waals surface area contributed by atoms with Gasteiger partial charge < -0.3 is 15.0 Å². The summed E-state index contributed by atoms with van der Waals surface area (Å²) in [5.41, 5.74) is 1.44. The Bertz CT molecular complexity index is 918. The SMILES string of the molecule is CC(C)CN1C(=O)CC[C@@H](C(=O)NCc2ccc(OC(F)(F)F)cc2)[C@@H]1c1cccnc1. The number of halogens is 3. The highest BCUT2D eigenvalue weighted by molar-refractivity contribution is 5.85. The van der Waals surface area contributed by atoms with Crippen LogP contribution in [0.1, 0.15) is 43.9 Å². The molecule has 6 nitrogen and oxygen atoms in total. The van der Waals surface area contributed by atoms with Crippen LogP contribution in [0.5, 0.6) is 5.75 Å². The average Bonchev–Trinajstić information content (AvgIpc) is 2.73. The fourth-order valence-electron chi connectivity index (χ4n) is 3.93. The second-order valence-electron chi connectivity index (χ2n) is 8.23. The van der Waals surface area contributed by atoms with E-state index < -0.39 is 18.3 Å². The summed E-state index contributed by atoms with van der Waals surface area (Å²) in [6, 6.07) is 8.57. The Morgan fingerprint density at radius 3 is 2.56 bits per heavy atom. The van der Waals surface area contributed by atoms with E-state index in [9.17, 15) is 22.8 Å². The van der Waals surface area contributed by atoms with E-state index in [0.29, 0.717) is 18.5 Å². The molecule has 2 heterocycles. The number of ether oxygens (including phenoxy) is 1. The first-order valence-corrected chi connectivity index (χ1v) is 10.5. The number of nitrogens with zero attached hydrogens (tertiary/aromatic N) is 2. The molecule has 1 aromatic heterocycles. The highest BCUT2D eigenvalue weighted by Crippen LogP contribution is 2.37. The summed E-state index contributed by atoms with van der Waals surface area (Å²) in [6.45, 7) is 4.72. The van der Waals surface area contributed by atoms with Gasteiger partial charge >= 0.3 is 6.36 Å². The minimum absolute atomic E-state index is 0.0110. The maximum absolute atomic E-state index is 13.1. The van der Waals surface area contributed by atoms with Crippen LogP contribution in [0.4, 0.5) is 13.2 Å². The van der Waals surface area contributed by atoms with E-state index in [1.54, 1.807) is 23.4 Å². The first-order chi connectivity index (χ1) is 15.1. The first-order valence-electron chi connectivity index (χ1n) is 10.5. The van der Waals surface area contributed by atoms with Crippen LogP contribution in [0.25, 0.3) is 0 Å². The zero-order valence-corrected chi connectivity index (χ0v) is 17.9. The van der Waals surface area contributed by atoms with E-state index in [1.807, 2.05) is 19.9 Å². The van der Waals surface area contributed by atoms with Crippen LogP contribution in [0.15, 0.2) is 48.8 Å². The zero-order chi connectivity index (χ0) is 23.3. The van der Waals surface area contributed by atoms with Crippen molar-refractivity contribution < 1.29 is 27.5 Å². The van der Waals surface area contributed by atoms with Crippen molar-refractivity contribution in [1.82, 2.24) is 15.2 Å². The normalized spacial score (nSPS) is 19.2. The van der Waals surface area contributed by atoms with Gasteiger partial charge in [-0.3, -0.25) is 14.6 Å². The van der Waals surface area contributed by atoms with Gasteiger partial charge in [-0.2, -0.15) is 0 Å². The predicted molar refractivity (Wildman–Crippen MR) is 111 cm³/mol. The van der Waals surface area contributed by atoms with E-state index in [0.717, 1.165) is 5.56 Å². The molecular formula is C23H26F3N3O3. The minimum Gasteiger partial charge on any atom is -0.406 e. The van der Waals surface area contributed by atoms with Crippen molar-refractivity contribution in [3.8, 4) is 5.75 Å². The zero-order valence-electron chi connectivity index (χ0n) is 17.9. The summed E-state index contributed by atoms with van der Waals surface area (Å²) < 4.78 is 40.8. The lowest BCUT2D eigenvalue weighted by molar-refractivity contribution is -0.274. The molecule has 2 aromatic rings. The molecule has 3 rings (SSSR count). The van der Waals surface area contributed by atoms with Crippen LogP contribution < -0.4 is 10.1 Å². The fourth-order valence-corrected chi connectivity index (χ4v) is 3.93. The summed E-state index contributed by atoms with van der Waals surface area (Å²) in [4.78, 5) is 31.7. The Morgan fingerprint density at radius 1 is 1.25 bits per heavy atom. The number of carbonyl (C=O) groups excluding carboxylic acids is 2. The quantitative estimate of drug-likeness (QED) is 0.687.